The number of ketones is 1. The second-order valence-corrected chi connectivity index (χ2v) is 6.79. The van der Waals surface area contributed by atoms with Gasteiger partial charge in [0, 0.05) is 41.0 Å². The Morgan fingerprint density at radius 3 is 2.39 bits per heavy atom. The van der Waals surface area contributed by atoms with Crippen molar-refractivity contribution in [2.45, 2.75) is 6.92 Å². The molecule has 6 nitrogen and oxygen atoms in total. The van der Waals surface area contributed by atoms with Crippen molar-refractivity contribution in [2.75, 3.05) is 5.32 Å². The highest BCUT2D eigenvalue weighted by Crippen LogP contribution is 2.25. The molecule has 0 saturated heterocycles. The SMILES string of the molecule is CC(=O)c1cccc(NC(=O)c2cnc(-c3ccc(F)cc3)nc2-c2ccncc2)c1. The molecule has 0 spiro atoms. The number of halogens is 1. The van der Waals surface area contributed by atoms with E-state index >= 15 is 0 Å². The number of pyridine rings is 1. The summed E-state index contributed by atoms with van der Waals surface area (Å²) in [7, 11) is 0. The van der Waals surface area contributed by atoms with Crippen LogP contribution in [0.4, 0.5) is 10.1 Å². The van der Waals surface area contributed by atoms with Gasteiger partial charge in [-0.25, -0.2) is 14.4 Å². The fourth-order valence-corrected chi connectivity index (χ4v) is 3.03. The average Bonchev–Trinajstić information content (AvgIpc) is 2.80. The Morgan fingerprint density at radius 2 is 1.68 bits per heavy atom. The van der Waals surface area contributed by atoms with Gasteiger partial charge >= 0.3 is 0 Å². The minimum Gasteiger partial charge on any atom is -0.322 e. The minimum atomic E-state index is -0.418. The molecule has 0 unspecified atom stereocenters. The zero-order chi connectivity index (χ0) is 21.8. The summed E-state index contributed by atoms with van der Waals surface area (Å²) in [6.07, 6.45) is 4.64. The first-order valence-electron chi connectivity index (χ1n) is 9.47. The van der Waals surface area contributed by atoms with Crippen molar-refractivity contribution in [3.05, 3.63) is 96.2 Å². The highest BCUT2D eigenvalue weighted by atomic mass is 19.1. The van der Waals surface area contributed by atoms with Crippen molar-refractivity contribution in [2.24, 2.45) is 0 Å². The number of aromatic nitrogens is 3. The van der Waals surface area contributed by atoms with Crippen LogP contribution in [0, 0.1) is 5.82 Å². The number of nitrogens with one attached hydrogen (secondary N) is 1. The van der Waals surface area contributed by atoms with E-state index in [9.17, 15) is 14.0 Å². The maximum atomic E-state index is 13.3. The number of hydrogen-bond donors (Lipinski definition) is 1. The third-order valence-corrected chi connectivity index (χ3v) is 4.62. The first-order chi connectivity index (χ1) is 15.0. The second-order valence-electron chi connectivity index (χ2n) is 6.79. The quantitative estimate of drug-likeness (QED) is 0.476. The van der Waals surface area contributed by atoms with Gasteiger partial charge in [-0.1, -0.05) is 12.1 Å². The summed E-state index contributed by atoms with van der Waals surface area (Å²) in [5.41, 5.74) is 2.96. The van der Waals surface area contributed by atoms with Crippen molar-refractivity contribution in [3.8, 4) is 22.6 Å². The standard InChI is InChI=1S/C24H17FN4O2/c1-15(30)18-3-2-4-20(13-18)28-24(31)21-14-27-23(17-5-7-19(25)8-6-17)29-22(21)16-9-11-26-12-10-16/h2-14H,1H3,(H,28,31). The van der Waals surface area contributed by atoms with Crippen LogP contribution >= 0.6 is 0 Å². The number of benzene rings is 2. The van der Waals surface area contributed by atoms with E-state index in [0.717, 1.165) is 0 Å². The van der Waals surface area contributed by atoms with E-state index in [4.69, 9.17) is 0 Å². The lowest BCUT2D eigenvalue weighted by atomic mass is 10.1. The molecular formula is C24H17FN4O2. The predicted molar refractivity (Wildman–Crippen MR) is 115 cm³/mol. The lowest BCUT2D eigenvalue weighted by Gasteiger charge is -2.12. The number of carbonyl (C=O) groups is 2. The average molecular weight is 412 g/mol. The molecule has 31 heavy (non-hydrogen) atoms. The largest absolute Gasteiger partial charge is 0.322 e. The van der Waals surface area contributed by atoms with E-state index in [1.807, 2.05) is 0 Å². The van der Waals surface area contributed by atoms with Crippen LogP contribution in [-0.4, -0.2) is 26.6 Å². The first kappa shape index (κ1) is 20.0. The third-order valence-electron chi connectivity index (χ3n) is 4.62. The van der Waals surface area contributed by atoms with Gasteiger partial charge in [0.1, 0.15) is 5.82 Å². The highest BCUT2D eigenvalue weighted by Gasteiger charge is 2.18. The molecule has 2 heterocycles. The summed E-state index contributed by atoms with van der Waals surface area (Å²) in [5.74, 6) is -0.512. The highest BCUT2D eigenvalue weighted by molar-refractivity contribution is 6.08. The van der Waals surface area contributed by atoms with Gasteiger partial charge in [-0.2, -0.15) is 0 Å². The molecule has 1 N–H and O–H groups in total. The zero-order valence-electron chi connectivity index (χ0n) is 16.5. The second kappa shape index (κ2) is 8.62. The van der Waals surface area contributed by atoms with E-state index in [-0.39, 0.29) is 17.2 Å². The third kappa shape index (κ3) is 4.51. The molecule has 0 aliphatic rings. The van der Waals surface area contributed by atoms with Crippen LogP contribution in [0.25, 0.3) is 22.6 Å². The number of amides is 1. The van der Waals surface area contributed by atoms with Crippen LogP contribution < -0.4 is 5.32 Å². The van der Waals surface area contributed by atoms with Gasteiger partial charge in [-0.15, -0.1) is 0 Å². The number of anilines is 1. The molecule has 4 rings (SSSR count). The van der Waals surface area contributed by atoms with E-state index in [0.29, 0.717) is 33.9 Å². The summed E-state index contributed by atoms with van der Waals surface area (Å²) < 4.78 is 13.3. The van der Waals surface area contributed by atoms with Gasteiger partial charge in [0.25, 0.3) is 5.91 Å². The van der Waals surface area contributed by atoms with Gasteiger partial charge in [0.2, 0.25) is 0 Å². The number of nitrogens with zero attached hydrogens (tertiary/aromatic N) is 3. The summed E-state index contributed by atoms with van der Waals surface area (Å²) >= 11 is 0. The van der Waals surface area contributed by atoms with E-state index in [2.05, 4.69) is 20.3 Å². The van der Waals surface area contributed by atoms with Crippen LogP contribution in [0.3, 0.4) is 0 Å². The smallest absolute Gasteiger partial charge is 0.259 e. The molecule has 0 radical (unpaired) electrons. The van der Waals surface area contributed by atoms with Crippen molar-refractivity contribution < 1.29 is 14.0 Å². The lowest BCUT2D eigenvalue weighted by Crippen LogP contribution is -2.15. The molecule has 0 bridgehead atoms. The molecule has 0 atom stereocenters. The van der Waals surface area contributed by atoms with Crippen molar-refractivity contribution in [1.29, 1.82) is 0 Å². The predicted octanol–water partition coefficient (Wildman–Crippen LogP) is 4.80. The Balaban J connectivity index is 1.74. The van der Waals surface area contributed by atoms with Crippen molar-refractivity contribution in [3.63, 3.8) is 0 Å². The van der Waals surface area contributed by atoms with Crippen LogP contribution in [0.15, 0.2) is 79.3 Å². The van der Waals surface area contributed by atoms with Crippen molar-refractivity contribution >= 4 is 17.4 Å². The van der Waals surface area contributed by atoms with Crippen LogP contribution in [0.2, 0.25) is 0 Å². The maximum Gasteiger partial charge on any atom is 0.259 e. The van der Waals surface area contributed by atoms with Crippen LogP contribution in [0.1, 0.15) is 27.6 Å². The van der Waals surface area contributed by atoms with Gasteiger partial charge < -0.3 is 5.32 Å². The maximum absolute atomic E-state index is 13.3. The van der Waals surface area contributed by atoms with Crippen LogP contribution in [0.5, 0.6) is 0 Å². The minimum absolute atomic E-state index is 0.0967. The van der Waals surface area contributed by atoms with Gasteiger partial charge in [0.05, 0.1) is 11.3 Å². The Morgan fingerprint density at radius 1 is 0.935 bits per heavy atom. The molecule has 2 aromatic heterocycles. The molecule has 4 aromatic rings. The molecule has 7 heteroatoms. The van der Waals surface area contributed by atoms with E-state index in [1.54, 1.807) is 60.9 Å². The molecule has 0 saturated carbocycles. The Labute approximate surface area is 177 Å². The molecule has 0 aliphatic heterocycles. The molecule has 1 amide bonds. The first-order valence-corrected chi connectivity index (χ1v) is 9.47. The van der Waals surface area contributed by atoms with Gasteiger partial charge in [-0.05, 0) is 55.5 Å². The Hall–Kier alpha value is -4.26. The van der Waals surface area contributed by atoms with Gasteiger partial charge in [0.15, 0.2) is 11.6 Å². The lowest BCUT2D eigenvalue weighted by molar-refractivity contribution is 0.101. The molecule has 0 aliphatic carbocycles. The Bertz CT molecular complexity index is 1260. The van der Waals surface area contributed by atoms with E-state index in [1.165, 1.54) is 25.3 Å². The zero-order valence-corrected chi connectivity index (χ0v) is 16.5. The topological polar surface area (TPSA) is 84.8 Å². The number of carbonyl (C=O) groups excluding carboxylic acids is 2. The fourth-order valence-electron chi connectivity index (χ4n) is 3.03. The molecule has 0 fully saturated rings. The monoisotopic (exact) mass is 412 g/mol. The number of rotatable bonds is 5. The van der Waals surface area contributed by atoms with Crippen LogP contribution in [-0.2, 0) is 0 Å². The summed E-state index contributed by atoms with van der Waals surface area (Å²) in [4.78, 5) is 37.6. The summed E-state index contributed by atoms with van der Waals surface area (Å²) in [6.45, 7) is 1.46. The molecule has 152 valence electrons. The summed E-state index contributed by atoms with van der Waals surface area (Å²) in [6, 6.07) is 16.0. The molecule has 2 aromatic carbocycles. The number of hydrogen-bond acceptors (Lipinski definition) is 5. The van der Waals surface area contributed by atoms with Gasteiger partial charge in [-0.3, -0.25) is 14.6 Å². The summed E-state index contributed by atoms with van der Waals surface area (Å²) in [5, 5.41) is 2.79. The number of Topliss-reactive ketones (excluding diaryl/α,β-unsaturated/α-hetero) is 1. The fraction of sp³-hybridized carbons (Fsp3) is 0.0417. The normalized spacial score (nSPS) is 10.5. The van der Waals surface area contributed by atoms with Crippen molar-refractivity contribution in [1.82, 2.24) is 15.0 Å². The molecular weight excluding hydrogens is 395 g/mol. The Kier molecular flexibility index (Phi) is 5.57. The van der Waals surface area contributed by atoms with E-state index < -0.39 is 5.91 Å².